The fourth-order valence-corrected chi connectivity index (χ4v) is 4.88. The molecule has 1 atom stereocenters. The molecule has 0 bridgehead atoms. The predicted octanol–water partition coefficient (Wildman–Crippen LogP) is 6.20. The zero-order valence-electron chi connectivity index (χ0n) is 12.9. The monoisotopic (exact) mass is 418 g/mol. The Kier molecular flexibility index (Phi) is 8.56. The average molecular weight is 419 g/mol. The first kappa shape index (κ1) is 19.7. The Labute approximate surface area is 162 Å². The predicted molar refractivity (Wildman–Crippen MR) is 109 cm³/mol. The highest BCUT2D eigenvalue weighted by atomic mass is 35.5. The van der Waals surface area contributed by atoms with Crippen molar-refractivity contribution >= 4 is 55.6 Å². The molecule has 2 aromatic carbocycles. The van der Waals surface area contributed by atoms with Crippen LogP contribution in [0.4, 0.5) is 0 Å². The van der Waals surface area contributed by atoms with Crippen molar-refractivity contribution in [2.24, 2.45) is 0 Å². The van der Waals surface area contributed by atoms with Crippen LogP contribution in [0.25, 0.3) is 0 Å². The molecule has 0 aliphatic heterocycles. The number of rotatable bonds is 8. The molecule has 1 unspecified atom stereocenters. The van der Waals surface area contributed by atoms with Crippen LogP contribution in [0.3, 0.4) is 0 Å². The Morgan fingerprint density at radius 2 is 2.00 bits per heavy atom. The van der Waals surface area contributed by atoms with Crippen molar-refractivity contribution in [1.29, 1.82) is 0 Å². The lowest BCUT2D eigenvalue weighted by atomic mass is 10.2. The van der Waals surface area contributed by atoms with Gasteiger partial charge in [-0.3, -0.25) is 4.21 Å². The van der Waals surface area contributed by atoms with Gasteiger partial charge in [0, 0.05) is 16.4 Å². The van der Waals surface area contributed by atoms with Crippen LogP contribution in [-0.2, 0) is 16.6 Å². The van der Waals surface area contributed by atoms with Crippen LogP contribution < -0.4 is 4.74 Å². The molecule has 0 fully saturated rings. The molecule has 24 heavy (non-hydrogen) atoms. The Morgan fingerprint density at radius 1 is 1.17 bits per heavy atom. The van der Waals surface area contributed by atoms with Gasteiger partial charge in [-0.2, -0.15) is 0 Å². The topological polar surface area (TPSA) is 26.3 Å². The molecular formula is C17H16Cl2O2S3. The second-order valence-electron chi connectivity index (χ2n) is 4.67. The van der Waals surface area contributed by atoms with Gasteiger partial charge in [-0.1, -0.05) is 63.0 Å². The van der Waals surface area contributed by atoms with Gasteiger partial charge in [0.1, 0.15) is 5.75 Å². The summed E-state index contributed by atoms with van der Waals surface area (Å²) >= 11 is 11.9. The molecule has 2 rings (SSSR count). The van der Waals surface area contributed by atoms with E-state index in [0.29, 0.717) is 15.8 Å². The van der Waals surface area contributed by atoms with E-state index in [-0.39, 0.29) is 0 Å². The van der Waals surface area contributed by atoms with E-state index >= 15 is 0 Å². The zero-order chi connectivity index (χ0) is 17.4. The van der Waals surface area contributed by atoms with Crippen LogP contribution in [0.2, 0.25) is 10.0 Å². The van der Waals surface area contributed by atoms with E-state index in [1.807, 2.05) is 41.8 Å². The summed E-state index contributed by atoms with van der Waals surface area (Å²) in [6.45, 7) is 0. The third kappa shape index (κ3) is 6.37. The van der Waals surface area contributed by atoms with Crippen molar-refractivity contribution < 1.29 is 8.95 Å². The molecular weight excluding hydrogens is 403 g/mol. The van der Waals surface area contributed by atoms with Crippen LogP contribution in [-0.4, -0.2) is 17.1 Å². The average Bonchev–Trinajstić information content (AvgIpc) is 2.60. The van der Waals surface area contributed by atoms with Gasteiger partial charge < -0.3 is 4.74 Å². The van der Waals surface area contributed by atoms with Gasteiger partial charge >= 0.3 is 0 Å². The lowest BCUT2D eigenvalue weighted by Gasteiger charge is -2.03. The maximum absolute atomic E-state index is 12.2. The minimum atomic E-state index is -1.06. The Morgan fingerprint density at radius 3 is 2.75 bits per heavy atom. The van der Waals surface area contributed by atoms with E-state index in [9.17, 15) is 4.21 Å². The van der Waals surface area contributed by atoms with Crippen molar-refractivity contribution in [2.75, 3.05) is 12.9 Å². The van der Waals surface area contributed by atoms with Crippen molar-refractivity contribution in [3.8, 4) is 5.75 Å². The highest BCUT2D eigenvalue weighted by molar-refractivity contribution is 8.77. The minimum absolute atomic E-state index is 0.480. The van der Waals surface area contributed by atoms with Crippen LogP contribution in [0.5, 0.6) is 5.75 Å². The normalized spacial score (nSPS) is 12.5. The third-order valence-electron chi connectivity index (χ3n) is 2.98. The number of hydrogen-bond donors (Lipinski definition) is 0. The number of halogens is 2. The summed E-state index contributed by atoms with van der Waals surface area (Å²) in [7, 11) is 3.82. The Balaban J connectivity index is 1.74. The first-order valence-electron chi connectivity index (χ1n) is 7.00. The molecule has 0 aliphatic rings. The molecule has 0 saturated heterocycles. The summed E-state index contributed by atoms with van der Waals surface area (Å²) in [5.41, 5.74) is 1.12. The largest absolute Gasteiger partial charge is 0.497 e. The van der Waals surface area contributed by atoms with E-state index in [1.54, 1.807) is 40.8 Å². The van der Waals surface area contributed by atoms with Crippen molar-refractivity contribution in [2.45, 2.75) is 10.6 Å². The first-order valence-corrected chi connectivity index (χ1v) is 11.5. The maximum Gasteiger partial charge on any atom is 0.120 e. The lowest BCUT2D eigenvalue weighted by molar-refractivity contribution is 0.413. The van der Waals surface area contributed by atoms with E-state index in [2.05, 4.69) is 0 Å². The Hall–Kier alpha value is -0.590. The van der Waals surface area contributed by atoms with Crippen molar-refractivity contribution in [1.82, 2.24) is 0 Å². The summed E-state index contributed by atoms with van der Waals surface area (Å²) in [4.78, 5) is 0.771. The zero-order valence-corrected chi connectivity index (χ0v) is 16.9. The van der Waals surface area contributed by atoms with Crippen LogP contribution >= 0.6 is 44.8 Å². The second-order valence-corrected chi connectivity index (χ2v) is 9.25. The van der Waals surface area contributed by atoms with E-state index < -0.39 is 10.8 Å². The number of ether oxygens (including phenoxy) is 1. The van der Waals surface area contributed by atoms with Gasteiger partial charge in [0.15, 0.2) is 0 Å². The van der Waals surface area contributed by atoms with E-state index in [0.717, 1.165) is 22.0 Å². The number of benzene rings is 2. The molecule has 0 amide bonds. The molecule has 0 N–H and O–H groups in total. The quantitative estimate of drug-likeness (QED) is 0.376. The number of hydrogen-bond acceptors (Lipinski definition) is 4. The maximum atomic E-state index is 12.2. The summed E-state index contributed by atoms with van der Waals surface area (Å²) < 4.78 is 17.3. The molecule has 128 valence electrons. The summed E-state index contributed by atoms with van der Waals surface area (Å²) in [6, 6.07) is 13.0. The molecule has 0 spiro atoms. The second kappa shape index (κ2) is 10.4. The van der Waals surface area contributed by atoms with E-state index in [4.69, 9.17) is 27.9 Å². The summed E-state index contributed by atoms with van der Waals surface area (Å²) in [6.07, 6.45) is 1.92. The molecule has 0 aliphatic carbocycles. The summed E-state index contributed by atoms with van der Waals surface area (Å²) in [5, 5.41) is 3.10. The smallest absolute Gasteiger partial charge is 0.120 e. The molecule has 2 aromatic rings. The molecule has 7 heteroatoms. The first-order chi connectivity index (χ1) is 11.6. The van der Waals surface area contributed by atoms with Crippen LogP contribution in [0, 0.1) is 0 Å². The molecule has 0 heterocycles. The molecule has 2 nitrogen and oxygen atoms in total. The summed E-state index contributed by atoms with van der Waals surface area (Å²) in [5.74, 6) is 2.02. The molecule has 0 saturated carbocycles. The highest BCUT2D eigenvalue weighted by Gasteiger charge is 2.03. The van der Waals surface area contributed by atoms with Gasteiger partial charge in [0.25, 0.3) is 0 Å². The van der Waals surface area contributed by atoms with Gasteiger partial charge in [0.2, 0.25) is 0 Å². The van der Waals surface area contributed by atoms with Crippen LogP contribution in [0.1, 0.15) is 5.56 Å². The van der Waals surface area contributed by atoms with Gasteiger partial charge in [-0.05, 0) is 41.3 Å². The third-order valence-corrected chi connectivity index (χ3v) is 6.98. The minimum Gasteiger partial charge on any atom is -0.497 e. The number of methoxy groups -OCH3 is 1. The lowest BCUT2D eigenvalue weighted by Crippen LogP contribution is -1.95. The van der Waals surface area contributed by atoms with Gasteiger partial charge in [0.05, 0.1) is 28.0 Å². The SMILES string of the molecule is COc1cccc(S(=O)C/C=C/SSCc2ccc(Cl)c(Cl)c2)c1. The van der Waals surface area contributed by atoms with Crippen molar-refractivity contribution in [3.05, 3.63) is 69.6 Å². The van der Waals surface area contributed by atoms with Crippen LogP contribution in [0.15, 0.2) is 58.8 Å². The standard InChI is InChI=1S/C17H16Cl2O2S3/c1-21-14-4-2-5-15(11-14)24(20)9-3-8-22-23-12-13-6-7-16(18)17(19)10-13/h2-8,10-11H,9,12H2,1H3/b8-3+. The highest BCUT2D eigenvalue weighted by Crippen LogP contribution is 2.30. The fraction of sp³-hybridized carbons (Fsp3) is 0.176. The van der Waals surface area contributed by atoms with E-state index in [1.165, 1.54) is 0 Å². The fourth-order valence-electron chi connectivity index (χ4n) is 1.78. The van der Waals surface area contributed by atoms with Crippen molar-refractivity contribution in [3.63, 3.8) is 0 Å². The molecule has 0 aromatic heterocycles. The van der Waals surface area contributed by atoms with Gasteiger partial charge in [-0.15, -0.1) is 0 Å². The van der Waals surface area contributed by atoms with Gasteiger partial charge in [-0.25, -0.2) is 0 Å². The Bertz CT molecular complexity index is 736. The molecule has 0 radical (unpaired) electrons.